The van der Waals surface area contributed by atoms with Crippen LogP contribution in [0.5, 0.6) is 0 Å². The van der Waals surface area contributed by atoms with Crippen LogP contribution in [0.1, 0.15) is 24.6 Å². The van der Waals surface area contributed by atoms with E-state index in [0.29, 0.717) is 18.1 Å². The summed E-state index contributed by atoms with van der Waals surface area (Å²) in [5, 5.41) is 14.0. The molecule has 2 rings (SSSR count). The standard InChI is InChI=1S/C12H18ClN3O2/c1-7-10(11(13)15(3)14-7)6-16-5-4-9(8(16)2)12(17)18/h8-9H,4-6H2,1-3H3,(H,17,18). The van der Waals surface area contributed by atoms with Crippen molar-refractivity contribution < 1.29 is 9.90 Å². The van der Waals surface area contributed by atoms with Crippen molar-refractivity contribution in [1.82, 2.24) is 14.7 Å². The first-order chi connectivity index (χ1) is 8.41. The van der Waals surface area contributed by atoms with Gasteiger partial charge in [-0.2, -0.15) is 5.10 Å². The summed E-state index contributed by atoms with van der Waals surface area (Å²) in [7, 11) is 1.81. The van der Waals surface area contributed by atoms with Crippen LogP contribution >= 0.6 is 11.6 Å². The molecule has 6 heteroatoms. The summed E-state index contributed by atoms with van der Waals surface area (Å²) in [6.45, 7) is 5.36. The van der Waals surface area contributed by atoms with Gasteiger partial charge in [-0.1, -0.05) is 11.6 Å². The van der Waals surface area contributed by atoms with Gasteiger partial charge in [0.25, 0.3) is 0 Å². The minimum absolute atomic E-state index is 0.0400. The Morgan fingerprint density at radius 3 is 2.72 bits per heavy atom. The molecule has 2 heterocycles. The Labute approximate surface area is 111 Å². The maximum absolute atomic E-state index is 11.1. The van der Waals surface area contributed by atoms with Gasteiger partial charge in [-0.25, -0.2) is 0 Å². The van der Waals surface area contributed by atoms with E-state index in [1.54, 1.807) is 4.68 Å². The second kappa shape index (κ2) is 4.90. The van der Waals surface area contributed by atoms with Crippen LogP contribution in [0.25, 0.3) is 0 Å². The van der Waals surface area contributed by atoms with Crippen LogP contribution in [-0.2, 0) is 18.4 Å². The predicted molar refractivity (Wildman–Crippen MR) is 68.6 cm³/mol. The molecule has 1 N–H and O–H groups in total. The number of aromatic nitrogens is 2. The van der Waals surface area contributed by atoms with Crippen LogP contribution in [-0.4, -0.2) is 38.3 Å². The van der Waals surface area contributed by atoms with Crippen LogP contribution in [0.15, 0.2) is 0 Å². The minimum Gasteiger partial charge on any atom is -0.481 e. The van der Waals surface area contributed by atoms with Crippen molar-refractivity contribution >= 4 is 17.6 Å². The lowest BCUT2D eigenvalue weighted by atomic mass is 10.0. The maximum Gasteiger partial charge on any atom is 0.308 e. The number of hydrogen-bond acceptors (Lipinski definition) is 3. The molecule has 1 aromatic heterocycles. The molecular formula is C12H18ClN3O2. The normalized spacial score (nSPS) is 24.7. The van der Waals surface area contributed by atoms with Gasteiger partial charge in [0.05, 0.1) is 11.6 Å². The van der Waals surface area contributed by atoms with Crippen LogP contribution in [0.4, 0.5) is 0 Å². The Kier molecular flexibility index (Phi) is 3.64. The summed E-state index contributed by atoms with van der Waals surface area (Å²) in [5.41, 5.74) is 1.91. The molecule has 0 spiro atoms. The van der Waals surface area contributed by atoms with E-state index < -0.39 is 5.97 Å². The summed E-state index contributed by atoms with van der Waals surface area (Å²) in [6, 6.07) is 0.0400. The van der Waals surface area contributed by atoms with Crippen molar-refractivity contribution in [3.05, 3.63) is 16.4 Å². The van der Waals surface area contributed by atoms with Gasteiger partial charge in [0, 0.05) is 25.2 Å². The van der Waals surface area contributed by atoms with Crippen molar-refractivity contribution in [2.45, 2.75) is 32.9 Å². The molecule has 0 aliphatic carbocycles. The van der Waals surface area contributed by atoms with Gasteiger partial charge >= 0.3 is 5.97 Å². The lowest BCUT2D eigenvalue weighted by molar-refractivity contribution is -0.142. The molecule has 18 heavy (non-hydrogen) atoms. The fraction of sp³-hybridized carbons (Fsp3) is 0.667. The van der Waals surface area contributed by atoms with E-state index in [4.69, 9.17) is 16.7 Å². The van der Waals surface area contributed by atoms with Gasteiger partial charge < -0.3 is 5.11 Å². The van der Waals surface area contributed by atoms with E-state index >= 15 is 0 Å². The summed E-state index contributed by atoms with van der Waals surface area (Å²) in [4.78, 5) is 13.2. The summed E-state index contributed by atoms with van der Waals surface area (Å²) >= 11 is 6.20. The highest BCUT2D eigenvalue weighted by Crippen LogP contribution is 2.28. The number of carboxylic acid groups (broad SMARTS) is 1. The summed E-state index contributed by atoms with van der Waals surface area (Å²) in [5.74, 6) is -0.986. The van der Waals surface area contributed by atoms with E-state index in [2.05, 4.69) is 10.00 Å². The van der Waals surface area contributed by atoms with Crippen molar-refractivity contribution in [3.8, 4) is 0 Å². The van der Waals surface area contributed by atoms with Gasteiger partial charge in [0.15, 0.2) is 0 Å². The second-order valence-corrected chi connectivity index (χ2v) is 5.28. The number of rotatable bonds is 3. The highest BCUT2D eigenvalue weighted by molar-refractivity contribution is 6.30. The molecule has 0 amide bonds. The molecule has 0 bridgehead atoms. The van der Waals surface area contributed by atoms with Crippen molar-refractivity contribution in [2.75, 3.05) is 6.54 Å². The first kappa shape index (κ1) is 13.4. The van der Waals surface area contributed by atoms with Gasteiger partial charge in [-0.3, -0.25) is 14.4 Å². The third kappa shape index (κ3) is 2.24. The van der Waals surface area contributed by atoms with E-state index in [0.717, 1.165) is 17.8 Å². The van der Waals surface area contributed by atoms with E-state index in [1.165, 1.54) is 0 Å². The Bertz CT molecular complexity index is 472. The van der Waals surface area contributed by atoms with Crippen LogP contribution in [0.2, 0.25) is 5.15 Å². The van der Waals surface area contributed by atoms with Crippen molar-refractivity contribution in [1.29, 1.82) is 0 Å². The number of carbonyl (C=O) groups is 1. The molecule has 1 aliphatic rings. The zero-order valence-corrected chi connectivity index (χ0v) is 11.6. The molecule has 5 nitrogen and oxygen atoms in total. The van der Waals surface area contributed by atoms with Crippen LogP contribution in [0, 0.1) is 12.8 Å². The van der Waals surface area contributed by atoms with Gasteiger partial charge in [-0.05, 0) is 26.8 Å². The van der Waals surface area contributed by atoms with Crippen molar-refractivity contribution in [2.24, 2.45) is 13.0 Å². The highest BCUT2D eigenvalue weighted by Gasteiger charge is 2.36. The SMILES string of the molecule is Cc1nn(C)c(Cl)c1CN1CCC(C(=O)O)C1C. The molecule has 100 valence electrons. The molecule has 1 aromatic rings. The zero-order valence-electron chi connectivity index (χ0n) is 10.9. The summed E-state index contributed by atoms with van der Waals surface area (Å²) < 4.78 is 1.65. The molecule has 0 aromatic carbocycles. The third-order valence-corrected chi connectivity index (χ3v) is 4.31. The first-order valence-electron chi connectivity index (χ1n) is 6.06. The quantitative estimate of drug-likeness (QED) is 0.909. The monoisotopic (exact) mass is 271 g/mol. The van der Waals surface area contributed by atoms with E-state index in [9.17, 15) is 4.79 Å². The lowest BCUT2D eigenvalue weighted by Gasteiger charge is -2.22. The fourth-order valence-electron chi connectivity index (χ4n) is 2.61. The van der Waals surface area contributed by atoms with E-state index in [1.807, 2.05) is 20.9 Å². The molecule has 1 saturated heterocycles. The predicted octanol–water partition coefficient (Wildman–Crippen LogP) is 1.68. The minimum atomic E-state index is -0.709. The Morgan fingerprint density at radius 2 is 2.28 bits per heavy atom. The third-order valence-electron chi connectivity index (χ3n) is 3.83. The fourth-order valence-corrected chi connectivity index (χ4v) is 2.85. The first-order valence-corrected chi connectivity index (χ1v) is 6.44. The maximum atomic E-state index is 11.1. The number of likely N-dealkylation sites (tertiary alicyclic amines) is 1. The number of nitrogens with zero attached hydrogens (tertiary/aromatic N) is 3. The topological polar surface area (TPSA) is 58.4 Å². The van der Waals surface area contributed by atoms with E-state index in [-0.39, 0.29) is 12.0 Å². The number of aliphatic carboxylic acids is 1. The average Bonchev–Trinajstić information content (AvgIpc) is 2.76. The molecule has 1 aliphatic heterocycles. The van der Waals surface area contributed by atoms with Crippen LogP contribution < -0.4 is 0 Å². The zero-order chi connectivity index (χ0) is 13.4. The Hall–Kier alpha value is -1.07. The van der Waals surface area contributed by atoms with Gasteiger partial charge in [-0.15, -0.1) is 0 Å². The molecule has 0 saturated carbocycles. The highest BCUT2D eigenvalue weighted by atomic mass is 35.5. The lowest BCUT2D eigenvalue weighted by Crippen LogP contribution is -2.32. The molecule has 2 unspecified atom stereocenters. The summed E-state index contributed by atoms with van der Waals surface area (Å²) in [6.07, 6.45) is 0.702. The smallest absolute Gasteiger partial charge is 0.308 e. The number of halogens is 1. The number of carboxylic acids is 1. The molecule has 1 fully saturated rings. The van der Waals surface area contributed by atoms with Crippen LogP contribution in [0.3, 0.4) is 0 Å². The largest absolute Gasteiger partial charge is 0.481 e. The Balaban J connectivity index is 2.13. The molecule has 0 radical (unpaired) electrons. The molecular weight excluding hydrogens is 254 g/mol. The average molecular weight is 272 g/mol. The second-order valence-electron chi connectivity index (χ2n) is 4.92. The number of aryl methyl sites for hydroxylation is 2. The van der Waals surface area contributed by atoms with Gasteiger partial charge in [0.2, 0.25) is 0 Å². The number of hydrogen-bond donors (Lipinski definition) is 1. The Morgan fingerprint density at radius 1 is 1.61 bits per heavy atom. The van der Waals surface area contributed by atoms with Crippen molar-refractivity contribution in [3.63, 3.8) is 0 Å². The molecule has 2 atom stereocenters. The van der Waals surface area contributed by atoms with Gasteiger partial charge in [0.1, 0.15) is 5.15 Å².